The Kier molecular flexibility index (Phi) is 14.8. The number of fused-ring (bicyclic) bond motifs is 21. The Morgan fingerprint density at radius 2 is 0.574 bits per heavy atom. The van der Waals surface area contributed by atoms with Crippen LogP contribution in [-0.2, 0) is 16.2 Å². The first-order chi connectivity index (χ1) is 56.7. The summed E-state index contributed by atoms with van der Waals surface area (Å²) in [5.41, 5.74) is 35.0. The zero-order chi connectivity index (χ0) is 76.1. The molecule has 2 aliphatic heterocycles. The Morgan fingerprint density at radius 1 is 0.191 bits per heavy atom. The minimum Gasteiger partial charge on any atom is -0.456 e. The monoisotopic (exact) mass is 1470 g/mol. The summed E-state index contributed by atoms with van der Waals surface area (Å²) in [5.74, 6) is 4.56. The quantitative estimate of drug-likeness (QED) is 0.136. The predicted molar refractivity (Wildman–Crippen MR) is 464 cm³/mol. The van der Waals surface area contributed by atoms with E-state index in [0.717, 1.165) is 146 Å². The van der Waals surface area contributed by atoms with Crippen LogP contribution in [0.4, 0.5) is 0 Å². The van der Waals surface area contributed by atoms with Crippen molar-refractivity contribution in [3.8, 4) is 169 Å². The lowest BCUT2D eigenvalue weighted by Gasteiger charge is -2.40. The second-order valence-electron chi connectivity index (χ2n) is 31.3. The molecule has 18 aromatic rings. The molecule has 16 aromatic carbocycles. The molecule has 0 N–H and O–H groups in total. The van der Waals surface area contributed by atoms with Gasteiger partial charge in [0.25, 0.3) is 0 Å². The molecule has 0 saturated heterocycles. The van der Waals surface area contributed by atoms with Crippen molar-refractivity contribution < 1.29 is 9.47 Å². The molecular formula is C109H70N4O2. The van der Waals surface area contributed by atoms with Gasteiger partial charge in [-0.05, 0) is 143 Å². The van der Waals surface area contributed by atoms with Gasteiger partial charge < -0.3 is 9.47 Å². The standard InChI is InChI=1S/C109H70N4O2/c1-107(2)86-48-18-14-40-79(86)82-59-57-74(63-95(82)107)98-66-99(113-105(112-98)69-33-10-5-11-34-69)83-43-13-12-39-78(83)84-47-28-55-94-104(84)115-101-64-73(58-60-91(101)108(94)87-49-19-15-41-80(87)81-42-16-20-50-88(81)108)76-45-26-53-92-102(76)85-44-17-21-51-89(85)109(92)90-52-22-23-56-100(90)114-103-77(46-27-54-93(103)109)72-37-24-35-70(61-72)71-36-25-38-75(62-71)106-110-96(67-29-6-3-7-30-67)65-97(111-106)68-31-8-4-9-32-68/h3-66H,1-2H3. The van der Waals surface area contributed by atoms with Gasteiger partial charge in [0, 0.05) is 72.2 Å². The third-order valence-corrected chi connectivity index (χ3v) is 24.9. The topological polar surface area (TPSA) is 70.0 Å². The minimum atomic E-state index is -0.787. The third kappa shape index (κ3) is 9.95. The van der Waals surface area contributed by atoms with Gasteiger partial charge in [-0.2, -0.15) is 0 Å². The highest BCUT2D eigenvalue weighted by Crippen LogP contribution is 2.67. The normalized spacial score (nSPS) is 14.7. The van der Waals surface area contributed by atoms with E-state index in [9.17, 15) is 0 Å². The molecule has 0 radical (unpaired) electrons. The van der Waals surface area contributed by atoms with Crippen molar-refractivity contribution in [2.24, 2.45) is 0 Å². The molecule has 2 spiro atoms. The fourth-order valence-electron chi connectivity index (χ4n) is 19.8. The molecule has 0 bridgehead atoms. The van der Waals surface area contributed by atoms with Crippen LogP contribution < -0.4 is 9.47 Å². The lowest BCUT2D eigenvalue weighted by Crippen LogP contribution is -2.32. The summed E-state index contributed by atoms with van der Waals surface area (Å²) in [6, 6.07) is 140. The summed E-state index contributed by atoms with van der Waals surface area (Å²) >= 11 is 0. The molecule has 2 aromatic heterocycles. The molecule has 6 heteroatoms. The van der Waals surface area contributed by atoms with E-state index in [1.165, 1.54) is 66.8 Å². The Bertz CT molecular complexity index is 6980. The maximum atomic E-state index is 7.90. The van der Waals surface area contributed by atoms with E-state index in [1.54, 1.807) is 0 Å². The van der Waals surface area contributed by atoms with Gasteiger partial charge in [-0.1, -0.05) is 360 Å². The summed E-state index contributed by atoms with van der Waals surface area (Å²) in [6.07, 6.45) is 0. The average Bonchev–Trinajstić information content (AvgIpc) is 1.52. The highest BCUT2D eigenvalue weighted by Gasteiger charge is 2.54. The van der Waals surface area contributed by atoms with Crippen LogP contribution in [-0.4, -0.2) is 19.9 Å². The maximum absolute atomic E-state index is 7.90. The van der Waals surface area contributed by atoms with Gasteiger partial charge in [-0.25, -0.2) is 19.9 Å². The van der Waals surface area contributed by atoms with Gasteiger partial charge in [-0.15, -0.1) is 0 Å². The Labute approximate surface area is 667 Å². The lowest BCUT2D eigenvalue weighted by atomic mass is 9.65. The van der Waals surface area contributed by atoms with Gasteiger partial charge >= 0.3 is 0 Å². The molecule has 0 fully saturated rings. The number of hydrogen-bond donors (Lipinski definition) is 0. The fourth-order valence-corrected chi connectivity index (χ4v) is 19.8. The molecule has 1 unspecified atom stereocenters. The number of nitrogens with zero attached hydrogens (tertiary/aromatic N) is 4. The van der Waals surface area contributed by atoms with Crippen LogP contribution in [0, 0.1) is 0 Å². The van der Waals surface area contributed by atoms with Gasteiger partial charge in [0.1, 0.15) is 23.0 Å². The molecule has 538 valence electrons. The Hall–Kier alpha value is -14.7. The van der Waals surface area contributed by atoms with Crippen molar-refractivity contribution in [3.63, 3.8) is 0 Å². The number of benzene rings is 16. The summed E-state index contributed by atoms with van der Waals surface area (Å²) in [4.78, 5) is 21.4. The first-order valence-corrected chi connectivity index (χ1v) is 39.6. The molecule has 3 aliphatic carbocycles. The van der Waals surface area contributed by atoms with Gasteiger partial charge in [-0.3, -0.25) is 0 Å². The zero-order valence-electron chi connectivity index (χ0n) is 63.1. The molecule has 115 heavy (non-hydrogen) atoms. The number of para-hydroxylation sites is 3. The van der Waals surface area contributed by atoms with Crippen LogP contribution in [0.5, 0.6) is 23.0 Å². The van der Waals surface area contributed by atoms with Gasteiger partial charge in [0.15, 0.2) is 11.6 Å². The van der Waals surface area contributed by atoms with E-state index in [2.05, 4.69) is 384 Å². The predicted octanol–water partition coefficient (Wildman–Crippen LogP) is 27.2. The highest BCUT2D eigenvalue weighted by atomic mass is 16.5. The second-order valence-corrected chi connectivity index (χ2v) is 31.3. The molecule has 6 nitrogen and oxygen atoms in total. The SMILES string of the molecule is CC1(C)c2ccccc2-c2ccc(-c3cc(-c4ccccc4-c4cccc5c4Oc4cc(-c6cccc7c6-c6ccccc6C76c7ccccc7Oc7c(-c8cccc(-c9cccc(-c%10nc(-c%11ccccc%11)cc(-c%11ccccc%11)n%10)c9)c8)cccc76)ccc4C54c5ccccc5-c5ccccc54)nc(-c4ccccc4)n3)cc21. The second kappa shape index (κ2) is 25.7. The van der Waals surface area contributed by atoms with Crippen LogP contribution in [0.1, 0.15) is 69.5 Å². The van der Waals surface area contributed by atoms with Crippen molar-refractivity contribution in [2.45, 2.75) is 30.1 Å². The summed E-state index contributed by atoms with van der Waals surface area (Å²) in [5, 5.41) is 0. The summed E-state index contributed by atoms with van der Waals surface area (Å²) in [6.45, 7) is 4.67. The van der Waals surface area contributed by atoms with Crippen LogP contribution in [0.25, 0.3) is 146 Å². The maximum Gasteiger partial charge on any atom is 0.160 e. The van der Waals surface area contributed by atoms with Crippen molar-refractivity contribution >= 4 is 0 Å². The molecule has 23 rings (SSSR count). The van der Waals surface area contributed by atoms with Crippen molar-refractivity contribution in [1.82, 2.24) is 19.9 Å². The van der Waals surface area contributed by atoms with E-state index in [0.29, 0.717) is 11.6 Å². The fraction of sp³-hybridized carbons (Fsp3) is 0.0459. The number of rotatable bonds is 10. The highest BCUT2D eigenvalue weighted by molar-refractivity contribution is 6.00. The average molecular weight is 1470 g/mol. The third-order valence-electron chi connectivity index (χ3n) is 24.9. The number of aromatic nitrogens is 4. The van der Waals surface area contributed by atoms with Crippen LogP contribution in [0.2, 0.25) is 0 Å². The lowest BCUT2D eigenvalue weighted by molar-refractivity contribution is 0.438. The molecule has 4 heterocycles. The Balaban J connectivity index is 0.666. The van der Waals surface area contributed by atoms with Gasteiger partial charge in [0.05, 0.1) is 33.6 Å². The van der Waals surface area contributed by atoms with Crippen molar-refractivity contribution in [2.75, 3.05) is 0 Å². The minimum absolute atomic E-state index is 0.195. The first-order valence-electron chi connectivity index (χ1n) is 39.6. The molecule has 0 saturated carbocycles. The van der Waals surface area contributed by atoms with Crippen molar-refractivity contribution in [1.29, 1.82) is 0 Å². The van der Waals surface area contributed by atoms with E-state index >= 15 is 0 Å². The Morgan fingerprint density at radius 3 is 1.23 bits per heavy atom. The molecule has 0 amide bonds. The molecular weight excluding hydrogens is 1400 g/mol. The largest absolute Gasteiger partial charge is 0.456 e. The smallest absolute Gasteiger partial charge is 0.160 e. The van der Waals surface area contributed by atoms with E-state index in [4.69, 9.17) is 29.4 Å². The van der Waals surface area contributed by atoms with Crippen LogP contribution >= 0.6 is 0 Å². The number of hydrogen-bond acceptors (Lipinski definition) is 6. The zero-order valence-corrected chi connectivity index (χ0v) is 63.1. The van der Waals surface area contributed by atoms with Gasteiger partial charge in [0.2, 0.25) is 0 Å². The first kappa shape index (κ1) is 66.1. The molecule has 5 aliphatic rings. The van der Waals surface area contributed by atoms with E-state index < -0.39 is 10.8 Å². The number of ether oxygens (including phenoxy) is 2. The molecule has 1 atom stereocenters. The van der Waals surface area contributed by atoms with E-state index in [1.807, 2.05) is 18.2 Å². The van der Waals surface area contributed by atoms with Crippen molar-refractivity contribution in [3.05, 3.63) is 444 Å². The summed E-state index contributed by atoms with van der Waals surface area (Å²) < 4.78 is 15.3. The van der Waals surface area contributed by atoms with E-state index in [-0.39, 0.29) is 5.41 Å². The van der Waals surface area contributed by atoms with Crippen LogP contribution in [0.15, 0.2) is 388 Å². The summed E-state index contributed by atoms with van der Waals surface area (Å²) in [7, 11) is 0. The van der Waals surface area contributed by atoms with Crippen LogP contribution in [0.3, 0.4) is 0 Å².